The van der Waals surface area contributed by atoms with Crippen LogP contribution in [0.3, 0.4) is 0 Å². The van der Waals surface area contributed by atoms with Crippen LogP contribution in [0.25, 0.3) is 11.4 Å². The molecule has 0 unspecified atom stereocenters. The summed E-state index contributed by atoms with van der Waals surface area (Å²) in [5.74, 6) is 0.813. The van der Waals surface area contributed by atoms with Crippen LogP contribution in [-0.2, 0) is 0 Å². The minimum Gasteiger partial charge on any atom is -0.338 e. The van der Waals surface area contributed by atoms with Gasteiger partial charge in [0.05, 0.1) is 11.7 Å². The normalized spacial score (nSPS) is 17.6. The van der Waals surface area contributed by atoms with Crippen molar-refractivity contribution in [3.8, 4) is 11.4 Å². The van der Waals surface area contributed by atoms with Crippen LogP contribution in [0.2, 0.25) is 0 Å². The molecule has 5 heteroatoms. The number of benzene rings is 1. The Kier molecular flexibility index (Phi) is 3.79. The highest BCUT2D eigenvalue weighted by Gasteiger charge is 2.29. The van der Waals surface area contributed by atoms with E-state index in [9.17, 15) is 0 Å². The Morgan fingerprint density at radius 3 is 2.74 bits per heavy atom. The number of rotatable bonds is 3. The van der Waals surface area contributed by atoms with Gasteiger partial charge in [-0.1, -0.05) is 36.4 Å². The van der Waals surface area contributed by atoms with Crippen molar-refractivity contribution in [2.45, 2.75) is 25.8 Å². The zero-order chi connectivity index (χ0) is 15.6. The number of hydrogen-bond donors (Lipinski definition) is 0. The molecule has 2 aromatic heterocycles. The molecule has 0 aliphatic carbocycles. The van der Waals surface area contributed by atoms with Gasteiger partial charge in [0.25, 0.3) is 0 Å². The largest absolute Gasteiger partial charge is 0.338 e. The van der Waals surface area contributed by atoms with Crippen LogP contribution in [0.1, 0.15) is 30.3 Å². The molecule has 0 bridgehead atoms. The summed E-state index contributed by atoms with van der Waals surface area (Å²) in [6, 6.07) is 16.7. The van der Waals surface area contributed by atoms with Crippen molar-refractivity contribution in [3.05, 3.63) is 59.9 Å². The van der Waals surface area contributed by atoms with E-state index < -0.39 is 0 Å². The van der Waals surface area contributed by atoms with Crippen LogP contribution in [0.5, 0.6) is 0 Å². The maximum Gasteiger partial charge on any atom is 0.206 e. The van der Waals surface area contributed by atoms with Gasteiger partial charge in [-0.15, -0.1) is 0 Å². The van der Waals surface area contributed by atoms with Gasteiger partial charge in [-0.2, -0.15) is 9.36 Å². The number of hydrogen-bond acceptors (Lipinski definition) is 5. The number of aromatic nitrogens is 3. The average molecular weight is 322 g/mol. The number of aryl methyl sites for hydroxylation is 1. The quantitative estimate of drug-likeness (QED) is 0.723. The third-order valence-electron chi connectivity index (χ3n) is 4.20. The highest BCUT2D eigenvalue weighted by Crippen LogP contribution is 2.37. The van der Waals surface area contributed by atoms with E-state index in [1.54, 1.807) is 0 Å². The third kappa shape index (κ3) is 2.84. The van der Waals surface area contributed by atoms with E-state index in [0.29, 0.717) is 6.04 Å². The van der Waals surface area contributed by atoms with Gasteiger partial charge in [-0.25, -0.2) is 0 Å². The van der Waals surface area contributed by atoms with Crippen LogP contribution >= 0.6 is 11.5 Å². The lowest BCUT2D eigenvalue weighted by atomic mass is 10.1. The SMILES string of the molecule is Cc1cccc([C@H]2CCCN2c2nc(-c3ccccc3)ns2)n1. The Bertz CT molecular complexity index is 800. The van der Waals surface area contributed by atoms with Crippen LogP contribution in [0.15, 0.2) is 48.5 Å². The van der Waals surface area contributed by atoms with E-state index in [1.165, 1.54) is 18.0 Å². The molecule has 3 aromatic rings. The molecule has 0 saturated carbocycles. The monoisotopic (exact) mass is 322 g/mol. The van der Waals surface area contributed by atoms with Crippen LogP contribution in [0.4, 0.5) is 5.13 Å². The molecule has 1 aliphatic rings. The van der Waals surface area contributed by atoms with E-state index >= 15 is 0 Å². The molecule has 3 heterocycles. The Morgan fingerprint density at radius 2 is 1.91 bits per heavy atom. The van der Waals surface area contributed by atoms with Crippen molar-refractivity contribution in [1.82, 2.24) is 14.3 Å². The zero-order valence-corrected chi connectivity index (χ0v) is 13.8. The second kappa shape index (κ2) is 6.08. The van der Waals surface area contributed by atoms with Crippen molar-refractivity contribution in [3.63, 3.8) is 0 Å². The molecule has 0 N–H and O–H groups in total. The van der Waals surface area contributed by atoms with Crippen LogP contribution in [-0.4, -0.2) is 20.9 Å². The first-order chi connectivity index (χ1) is 11.3. The fraction of sp³-hybridized carbons (Fsp3) is 0.278. The standard InChI is InChI=1S/C18H18N4S/c1-13-7-5-10-15(19-13)16-11-6-12-22(16)18-20-17(21-23-18)14-8-3-2-4-9-14/h2-5,7-10,16H,6,11-12H2,1H3/t16-/m1/s1. The first-order valence-electron chi connectivity index (χ1n) is 7.90. The maximum absolute atomic E-state index is 4.77. The molecule has 0 amide bonds. The zero-order valence-electron chi connectivity index (χ0n) is 13.0. The van der Waals surface area contributed by atoms with Crippen molar-refractivity contribution >= 4 is 16.7 Å². The van der Waals surface area contributed by atoms with E-state index in [4.69, 9.17) is 9.97 Å². The molecular weight excluding hydrogens is 304 g/mol. The Hall–Kier alpha value is -2.27. The molecular formula is C18H18N4S. The Balaban J connectivity index is 1.63. The lowest BCUT2D eigenvalue weighted by Crippen LogP contribution is -2.23. The lowest BCUT2D eigenvalue weighted by Gasteiger charge is -2.23. The number of anilines is 1. The Morgan fingerprint density at radius 1 is 1.04 bits per heavy atom. The summed E-state index contributed by atoms with van der Waals surface area (Å²) in [4.78, 5) is 11.8. The summed E-state index contributed by atoms with van der Waals surface area (Å²) < 4.78 is 4.55. The van der Waals surface area contributed by atoms with Gasteiger partial charge in [-0.3, -0.25) is 4.98 Å². The number of pyridine rings is 1. The van der Waals surface area contributed by atoms with Gasteiger partial charge in [0.1, 0.15) is 0 Å². The summed E-state index contributed by atoms with van der Waals surface area (Å²) in [7, 11) is 0. The fourth-order valence-corrected chi connectivity index (χ4v) is 3.85. The molecule has 1 saturated heterocycles. The predicted molar refractivity (Wildman–Crippen MR) is 93.6 cm³/mol. The molecule has 4 rings (SSSR count). The topological polar surface area (TPSA) is 41.9 Å². The first kappa shape index (κ1) is 14.3. The third-order valence-corrected chi connectivity index (χ3v) is 4.95. The van der Waals surface area contributed by atoms with Crippen molar-refractivity contribution < 1.29 is 0 Å². The van der Waals surface area contributed by atoms with Crippen LogP contribution in [0, 0.1) is 6.92 Å². The lowest BCUT2D eigenvalue weighted by molar-refractivity contribution is 0.690. The van der Waals surface area contributed by atoms with E-state index in [-0.39, 0.29) is 0 Å². The molecule has 1 aliphatic heterocycles. The van der Waals surface area contributed by atoms with E-state index in [0.717, 1.165) is 40.9 Å². The maximum atomic E-state index is 4.77. The molecule has 0 spiro atoms. The summed E-state index contributed by atoms with van der Waals surface area (Å²) >= 11 is 1.48. The van der Waals surface area contributed by atoms with Crippen molar-refractivity contribution in [2.75, 3.05) is 11.4 Å². The summed E-state index contributed by atoms with van der Waals surface area (Å²) in [5.41, 5.74) is 3.27. The minimum absolute atomic E-state index is 0.312. The molecule has 4 nitrogen and oxygen atoms in total. The summed E-state index contributed by atoms with van der Waals surface area (Å²) in [5, 5.41) is 0.995. The number of nitrogens with zero attached hydrogens (tertiary/aromatic N) is 4. The molecule has 116 valence electrons. The van der Waals surface area contributed by atoms with Gasteiger partial charge >= 0.3 is 0 Å². The highest BCUT2D eigenvalue weighted by atomic mass is 32.1. The summed E-state index contributed by atoms with van der Waals surface area (Å²) in [6.07, 6.45) is 2.29. The van der Waals surface area contributed by atoms with E-state index in [2.05, 4.69) is 33.5 Å². The summed E-state index contributed by atoms with van der Waals surface area (Å²) in [6.45, 7) is 3.06. The smallest absolute Gasteiger partial charge is 0.206 e. The highest BCUT2D eigenvalue weighted by molar-refractivity contribution is 7.09. The first-order valence-corrected chi connectivity index (χ1v) is 8.68. The van der Waals surface area contributed by atoms with E-state index in [1.807, 2.05) is 31.2 Å². The predicted octanol–water partition coefficient (Wildman–Crippen LogP) is 4.25. The van der Waals surface area contributed by atoms with Crippen molar-refractivity contribution in [2.24, 2.45) is 0 Å². The van der Waals surface area contributed by atoms with Gasteiger partial charge < -0.3 is 4.90 Å². The molecule has 23 heavy (non-hydrogen) atoms. The second-order valence-electron chi connectivity index (χ2n) is 5.82. The second-order valence-corrected chi connectivity index (χ2v) is 6.55. The molecule has 0 radical (unpaired) electrons. The molecule has 1 fully saturated rings. The van der Waals surface area contributed by atoms with Crippen LogP contribution < -0.4 is 4.90 Å². The van der Waals surface area contributed by atoms with Gasteiger partial charge in [0.15, 0.2) is 5.82 Å². The minimum atomic E-state index is 0.312. The van der Waals surface area contributed by atoms with Gasteiger partial charge in [0, 0.05) is 29.3 Å². The fourth-order valence-electron chi connectivity index (χ4n) is 3.09. The Labute approximate surface area is 140 Å². The molecule has 1 aromatic carbocycles. The van der Waals surface area contributed by atoms with Gasteiger partial charge in [0.2, 0.25) is 5.13 Å². The molecule has 1 atom stereocenters. The average Bonchev–Trinajstić information content (AvgIpc) is 3.25. The van der Waals surface area contributed by atoms with Crippen molar-refractivity contribution in [1.29, 1.82) is 0 Å². The van der Waals surface area contributed by atoms with Gasteiger partial charge in [-0.05, 0) is 31.9 Å².